The third-order valence-electron chi connectivity index (χ3n) is 4.03. The number of hydrogen-bond donors (Lipinski definition) is 0. The summed E-state index contributed by atoms with van der Waals surface area (Å²) in [6.07, 6.45) is 5.70. The molecule has 0 amide bonds. The van der Waals surface area contributed by atoms with Gasteiger partial charge < -0.3 is 4.74 Å². The average Bonchev–Trinajstić information content (AvgIpc) is 2.45. The minimum Gasteiger partial charge on any atom is -0.493 e. The molecule has 0 N–H and O–H groups in total. The third kappa shape index (κ3) is 3.82. The molecule has 0 aromatic heterocycles. The van der Waals surface area contributed by atoms with Gasteiger partial charge in [-0.1, -0.05) is 38.8 Å². The van der Waals surface area contributed by atoms with Crippen LogP contribution in [0.5, 0.6) is 5.75 Å². The van der Waals surface area contributed by atoms with Crippen molar-refractivity contribution in [3.05, 3.63) is 29.8 Å². The van der Waals surface area contributed by atoms with Crippen molar-refractivity contribution in [2.24, 2.45) is 11.8 Å². The highest BCUT2D eigenvalue weighted by Crippen LogP contribution is 2.29. The molecule has 19 heavy (non-hydrogen) atoms. The van der Waals surface area contributed by atoms with Gasteiger partial charge >= 0.3 is 0 Å². The molecule has 1 saturated carbocycles. The SMILES string of the molecule is CCC(=O)c1ccccc1OCC1CCCC(C)C1. The van der Waals surface area contributed by atoms with Gasteiger partial charge in [-0.3, -0.25) is 4.79 Å². The Morgan fingerprint density at radius 2 is 2.11 bits per heavy atom. The highest BCUT2D eigenvalue weighted by molar-refractivity contribution is 5.98. The quantitative estimate of drug-likeness (QED) is 0.729. The number of hydrogen-bond acceptors (Lipinski definition) is 2. The molecule has 0 heterocycles. The van der Waals surface area contributed by atoms with Gasteiger partial charge in [-0.25, -0.2) is 0 Å². The topological polar surface area (TPSA) is 26.3 Å². The molecule has 1 aliphatic rings. The lowest BCUT2D eigenvalue weighted by Gasteiger charge is -2.26. The maximum absolute atomic E-state index is 11.9. The van der Waals surface area contributed by atoms with E-state index in [1.165, 1.54) is 25.7 Å². The largest absolute Gasteiger partial charge is 0.493 e. The normalized spacial score (nSPS) is 23.1. The van der Waals surface area contributed by atoms with Crippen LogP contribution in [-0.4, -0.2) is 12.4 Å². The van der Waals surface area contributed by atoms with Crippen LogP contribution in [0.15, 0.2) is 24.3 Å². The molecule has 0 aliphatic heterocycles. The van der Waals surface area contributed by atoms with Crippen LogP contribution >= 0.6 is 0 Å². The molecule has 0 spiro atoms. The molecule has 0 saturated heterocycles. The molecule has 2 nitrogen and oxygen atoms in total. The van der Waals surface area contributed by atoms with E-state index >= 15 is 0 Å². The van der Waals surface area contributed by atoms with Crippen molar-refractivity contribution in [3.63, 3.8) is 0 Å². The number of ketones is 1. The molecule has 2 atom stereocenters. The van der Waals surface area contributed by atoms with Crippen LogP contribution in [0, 0.1) is 11.8 Å². The van der Waals surface area contributed by atoms with Crippen LogP contribution in [0.25, 0.3) is 0 Å². The molecule has 2 rings (SSSR count). The number of Topliss-reactive ketones (excluding diaryl/α,β-unsaturated/α-hetero) is 1. The van der Waals surface area contributed by atoms with Crippen LogP contribution in [0.4, 0.5) is 0 Å². The second-order valence-electron chi connectivity index (χ2n) is 5.72. The number of rotatable bonds is 5. The molecule has 0 radical (unpaired) electrons. The molecule has 0 bridgehead atoms. The van der Waals surface area contributed by atoms with Gasteiger partial charge in [0.1, 0.15) is 5.75 Å². The predicted molar refractivity (Wildman–Crippen MR) is 77.7 cm³/mol. The van der Waals surface area contributed by atoms with Crippen molar-refractivity contribution in [3.8, 4) is 5.75 Å². The minimum absolute atomic E-state index is 0.160. The van der Waals surface area contributed by atoms with E-state index in [0.29, 0.717) is 12.3 Å². The van der Waals surface area contributed by atoms with Crippen molar-refractivity contribution in [1.29, 1.82) is 0 Å². The third-order valence-corrected chi connectivity index (χ3v) is 4.03. The lowest BCUT2D eigenvalue weighted by atomic mass is 9.83. The van der Waals surface area contributed by atoms with Gasteiger partial charge in [-0.2, -0.15) is 0 Å². The number of carbonyl (C=O) groups excluding carboxylic acids is 1. The number of ether oxygens (including phenoxy) is 1. The predicted octanol–water partition coefficient (Wildman–Crippen LogP) is 4.48. The van der Waals surface area contributed by atoms with Crippen molar-refractivity contribution < 1.29 is 9.53 Å². The molecule has 1 aromatic rings. The molecule has 2 unspecified atom stereocenters. The van der Waals surface area contributed by atoms with Gasteiger partial charge in [0.25, 0.3) is 0 Å². The van der Waals surface area contributed by atoms with Gasteiger partial charge in [-0.15, -0.1) is 0 Å². The standard InChI is InChI=1S/C17H24O2/c1-3-16(18)15-9-4-5-10-17(15)19-12-14-8-6-7-13(2)11-14/h4-5,9-10,13-14H,3,6-8,11-12H2,1-2H3. The smallest absolute Gasteiger partial charge is 0.166 e. The molecular formula is C17H24O2. The first kappa shape index (κ1) is 14.1. The zero-order valence-corrected chi connectivity index (χ0v) is 12.0. The van der Waals surface area contributed by atoms with Crippen molar-refractivity contribution in [1.82, 2.24) is 0 Å². The van der Waals surface area contributed by atoms with Gasteiger partial charge in [0, 0.05) is 6.42 Å². The summed E-state index contributed by atoms with van der Waals surface area (Å²) in [5, 5.41) is 0. The zero-order valence-electron chi connectivity index (χ0n) is 12.0. The average molecular weight is 260 g/mol. The Balaban J connectivity index is 1.97. The molecule has 1 aliphatic carbocycles. The number of para-hydroxylation sites is 1. The highest BCUT2D eigenvalue weighted by Gasteiger charge is 2.20. The van der Waals surface area contributed by atoms with E-state index in [2.05, 4.69) is 6.92 Å². The van der Waals surface area contributed by atoms with E-state index < -0.39 is 0 Å². The van der Waals surface area contributed by atoms with E-state index in [4.69, 9.17) is 4.74 Å². The minimum atomic E-state index is 0.160. The van der Waals surface area contributed by atoms with Gasteiger partial charge in [0.2, 0.25) is 0 Å². The first-order chi connectivity index (χ1) is 9.20. The van der Waals surface area contributed by atoms with Crippen LogP contribution in [0.1, 0.15) is 56.3 Å². The Kier molecular flexibility index (Phi) is 5.00. The Morgan fingerprint density at radius 1 is 1.32 bits per heavy atom. The van der Waals surface area contributed by atoms with Gasteiger partial charge in [0.15, 0.2) is 5.78 Å². The Labute approximate surface area is 116 Å². The van der Waals surface area contributed by atoms with Gasteiger partial charge in [0.05, 0.1) is 12.2 Å². The molecule has 2 heteroatoms. The summed E-state index contributed by atoms with van der Waals surface area (Å²) in [5.74, 6) is 2.38. The first-order valence-corrected chi connectivity index (χ1v) is 7.45. The lowest BCUT2D eigenvalue weighted by molar-refractivity contribution is 0.0981. The summed E-state index contributed by atoms with van der Waals surface area (Å²) in [4.78, 5) is 11.9. The Morgan fingerprint density at radius 3 is 2.84 bits per heavy atom. The summed E-state index contributed by atoms with van der Waals surface area (Å²) in [6.45, 7) is 4.96. The summed E-state index contributed by atoms with van der Waals surface area (Å²) in [7, 11) is 0. The monoisotopic (exact) mass is 260 g/mol. The van der Waals surface area contributed by atoms with E-state index in [1.807, 2.05) is 31.2 Å². The fraction of sp³-hybridized carbons (Fsp3) is 0.588. The number of carbonyl (C=O) groups is 1. The second-order valence-corrected chi connectivity index (χ2v) is 5.72. The Hall–Kier alpha value is -1.31. The maximum atomic E-state index is 11.9. The summed E-state index contributed by atoms with van der Waals surface area (Å²) in [5.41, 5.74) is 0.730. The van der Waals surface area contributed by atoms with Crippen LogP contribution in [0.2, 0.25) is 0 Å². The van der Waals surface area contributed by atoms with E-state index in [0.717, 1.165) is 23.8 Å². The number of benzene rings is 1. The fourth-order valence-corrected chi connectivity index (χ4v) is 2.93. The van der Waals surface area contributed by atoms with Crippen LogP contribution in [0.3, 0.4) is 0 Å². The lowest BCUT2D eigenvalue weighted by Crippen LogP contribution is -2.20. The summed E-state index contributed by atoms with van der Waals surface area (Å²) in [6, 6.07) is 7.61. The van der Waals surface area contributed by atoms with Crippen LogP contribution < -0.4 is 4.74 Å². The molecule has 104 valence electrons. The van der Waals surface area contributed by atoms with E-state index in [9.17, 15) is 4.79 Å². The first-order valence-electron chi connectivity index (χ1n) is 7.45. The highest BCUT2D eigenvalue weighted by atomic mass is 16.5. The Bertz CT molecular complexity index is 425. The van der Waals surface area contributed by atoms with Crippen molar-refractivity contribution in [2.45, 2.75) is 46.0 Å². The summed E-state index contributed by atoms with van der Waals surface area (Å²) < 4.78 is 5.93. The maximum Gasteiger partial charge on any atom is 0.166 e. The van der Waals surface area contributed by atoms with Gasteiger partial charge in [-0.05, 0) is 36.8 Å². The molecular weight excluding hydrogens is 236 g/mol. The zero-order chi connectivity index (χ0) is 13.7. The van der Waals surface area contributed by atoms with E-state index in [1.54, 1.807) is 0 Å². The molecule has 1 aromatic carbocycles. The van der Waals surface area contributed by atoms with Crippen molar-refractivity contribution >= 4 is 5.78 Å². The second kappa shape index (κ2) is 6.74. The fourth-order valence-electron chi connectivity index (χ4n) is 2.93. The summed E-state index contributed by atoms with van der Waals surface area (Å²) >= 11 is 0. The molecule has 1 fully saturated rings. The van der Waals surface area contributed by atoms with Crippen LogP contribution in [-0.2, 0) is 0 Å². The van der Waals surface area contributed by atoms with Crippen molar-refractivity contribution in [2.75, 3.05) is 6.61 Å². The van der Waals surface area contributed by atoms with E-state index in [-0.39, 0.29) is 5.78 Å².